The number of rotatable bonds is 4. The summed E-state index contributed by atoms with van der Waals surface area (Å²) in [4.78, 5) is 16.4. The molecular formula is C22H27ClN3O+. The number of nitrogens with one attached hydrogen (secondary N) is 2. The van der Waals surface area contributed by atoms with Crippen LogP contribution in [-0.4, -0.2) is 38.1 Å². The molecule has 1 atom stereocenters. The van der Waals surface area contributed by atoms with Crippen LogP contribution in [0.1, 0.15) is 24.5 Å². The van der Waals surface area contributed by atoms with E-state index in [1.54, 1.807) is 0 Å². The number of piperazine rings is 1. The highest BCUT2D eigenvalue weighted by molar-refractivity contribution is 6.30. The molecule has 1 saturated heterocycles. The molecule has 0 unspecified atom stereocenters. The molecule has 2 N–H and O–H groups in total. The highest BCUT2D eigenvalue weighted by Gasteiger charge is 2.29. The first-order valence-corrected chi connectivity index (χ1v) is 10.3. The van der Waals surface area contributed by atoms with E-state index in [1.807, 2.05) is 31.2 Å². The fourth-order valence-corrected chi connectivity index (χ4v) is 4.43. The van der Waals surface area contributed by atoms with Crippen molar-refractivity contribution in [3.05, 3.63) is 58.6 Å². The molecule has 1 heterocycles. The SMILES string of the molecule is C[C@H](C(=O)Nc1ccc2c(c1)CCC2)[NH+]1CCN(c2cccc(Cl)c2)CC1. The van der Waals surface area contributed by atoms with Crippen molar-refractivity contribution in [2.24, 2.45) is 0 Å². The van der Waals surface area contributed by atoms with Crippen molar-refractivity contribution >= 4 is 28.9 Å². The van der Waals surface area contributed by atoms with Gasteiger partial charge in [0.25, 0.3) is 5.91 Å². The Morgan fingerprint density at radius 2 is 1.89 bits per heavy atom. The van der Waals surface area contributed by atoms with Gasteiger partial charge >= 0.3 is 0 Å². The van der Waals surface area contributed by atoms with Crippen LogP contribution in [0.4, 0.5) is 11.4 Å². The van der Waals surface area contributed by atoms with Gasteiger partial charge < -0.3 is 15.1 Å². The molecule has 1 aliphatic heterocycles. The Labute approximate surface area is 166 Å². The molecule has 0 spiro atoms. The number of hydrogen-bond donors (Lipinski definition) is 2. The summed E-state index contributed by atoms with van der Waals surface area (Å²) in [7, 11) is 0. The van der Waals surface area contributed by atoms with Gasteiger partial charge in [0, 0.05) is 16.4 Å². The van der Waals surface area contributed by atoms with Crippen molar-refractivity contribution in [3.63, 3.8) is 0 Å². The Hall–Kier alpha value is -2.04. The molecule has 5 heteroatoms. The second-order valence-corrected chi connectivity index (χ2v) is 8.11. The predicted octanol–water partition coefficient (Wildman–Crippen LogP) is 2.56. The van der Waals surface area contributed by atoms with Crippen LogP contribution in [0.2, 0.25) is 5.02 Å². The summed E-state index contributed by atoms with van der Waals surface area (Å²) in [5.41, 5.74) is 4.92. The molecule has 142 valence electrons. The summed E-state index contributed by atoms with van der Waals surface area (Å²) in [6, 6.07) is 14.3. The fraction of sp³-hybridized carbons (Fsp3) is 0.409. The fourth-order valence-electron chi connectivity index (χ4n) is 4.24. The topological polar surface area (TPSA) is 36.8 Å². The van der Waals surface area contributed by atoms with Gasteiger partial charge in [0.2, 0.25) is 0 Å². The van der Waals surface area contributed by atoms with Crippen LogP contribution in [0, 0.1) is 0 Å². The normalized spacial score (nSPS) is 18.2. The third-order valence-corrected chi connectivity index (χ3v) is 6.19. The molecule has 2 aromatic rings. The van der Waals surface area contributed by atoms with Crippen LogP contribution in [0.3, 0.4) is 0 Å². The first-order chi connectivity index (χ1) is 13.1. The second-order valence-electron chi connectivity index (χ2n) is 7.67. The largest absolute Gasteiger partial charge is 0.360 e. The molecule has 4 nitrogen and oxygen atoms in total. The molecule has 0 bridgehead atoms. The molecule has 0 aromatic heterocycles. The summed E-state index contributed by atoms with van der Waals surface area (Å²) < 4.78 is 0. The third kappa shape index (κ3) is 4.12. The van der Waals surface area contributed by atoms with E-state index < -0.39 is 0 Å². The molecule has 27 heavy (non-hydrogen) atoms. The Morgan fingerprint density at radius 3 is 2.67 bits per heavy atom. The summed E-state index contributed by atoms with van der Waals surface area (Å²) in [5.74, 6) is 0.110. The Morgan fingerprint density at radius 1 is 1.11 bits per heavy atom. The van der Waals surface area contributed by atoms with Crippen LogP contribution in [0.25, 0.3) is 0 Å². The minimum atomic E-state index is -0.0558. The van der Waals surface area contributed by atoms with E-state index in [2.05, 4.69) is 28.4 Å². The van der Waals surface area contributed by atoms with Crippen LogP contribution < -0.4 is 15.1 Å². The quantitative estimate of drug-likeness (QED) is 0.850. The molecule has 2 aliphatic rings. The Bertz CT molecular complexity index is 830. The van der Waals surface area contributed by atoms with Gasteiger partial charge in [0.15, 0.2) is 6.04 Å². The van der Waals surface area contributed by atoms with Gasteiger partial charge in [-0.3, -0.25) is 4.79 Å². The van der Waals surface area contributed by atoms with E-state index in [9.17, 15) is 4.79 Å². The van der Waals surface area contributed by atoms with Crippen molar-refractivity contribution in [2.75, 3.05) is 36.4 Å². The zero-order chi connectivity index (χ0) is 18.8. The predicted molar refractivity (Wildman–Crippen MR) is 111 cm³/mol. The first kappa shape index (κ1) is 18.3. The van der Waals surface area contributed by atoms with Gasteiger partial charge in [0.1, 0.15) is 0 Å². The maximum absolute atomic E-state index is 12.7. The van der Waals surface area contributed by atoms with Crippen LogP contribution >= 0.6 is 11.6 Å². The van der Waals surface area contributed by atoms with E-state index in [1.165, 1.54) is 28.9 Å². The highest BCUT2D eigenvalue weighted by atomic mass is 35.5. The lowest BCUT2D eigenvalue weighted by Gasteiger charge is -2.36. The molecule has 1 amide bonds. The minimum Gasteiger partial charge on any atom is -0.360 e. The zero-order valence-corrected chi connectivity index (χ0v) is 16.6. The highest BCUT2D eigenvalue weighted by Crippen LogP contribution is 2.25. The molecule has 0 saturated carbocycles. The van der Waals surface area contributed by atoms with Crippen molar-refractivity contribution in [1.82, 2.24) is 0 Å². The molecular weight excluding hydrogens is 358 g/mol. The van der Waals surface area contributed by atoms with Crippen molar-refractivity contribution in [3.8, 4) is 0 Å². The van der Waals surface area contributed by atoms with Crippen LogP contribution in [-0.2, 0) is 17.6 Å². The Balaban J connectivity index is 1.33. The molecule has 2 aromatic carbocycles. The van der Waals surface area contributed by atoms with Crippen LogP contribution in [0.15, 0.2) is 42.5 Å². The number of nitrogens with zero attached hydrogens (tertiary/aromatic N) is 1. The lowest BCUT2D eigenvalue weighted by molar-refractivity contribution is -0.914. The number of benzene rings is 2. The van der Waals surface area contributed by atoms with E-state index in [0.29, 0.717) is 0 Å². The molecule has 0 radical (unpaired) electrons. The average Bonchev–Trinajstić information content (AvgIpc) is 3.15. The number of carbonyl (C=O) groups is 1. The van der Waals surface area contributed by atoms with Crippen molar-refractivity contribution in [2.45, 2.75) is 32.2 Å². The number of quaternary nitrogens is 1. The first-order valence-electron chi connectivity index (χ1n) is 9.88. The summed E-state index contributed by atoms with van der Waals surface area (Å²) in [6.07, 6.45) is 3.52. The minimum absolute atomic E-state index is 0.0558. The summed E-state index contributed by atoms with van der Waals surface area (Å²) in [5, 5.41) is 3.90. The van der Waals surface area contributed by atoms with E-state index >= 15 is 0 Å². The van der Waals surface area contributed by atoms with Gasteiger partial charge in [-0.05, 0) is 67.6 Å². The summed E-state index contributed by atoms with van der Waals surface area (Å²) >= 11 is 6.11. The molecule has 1 fully saturated rings. The maximum atomic E-state index is 12.7. The second kappa shape index (κ2) is 7.91. The molecule has 4 rings (SSSR count). The van der Waals surface area contributed by atoms with Gasteiger partial charge in [0.05, 0.1) is 26.2 Å². The Kier molecular flexibility index (Phi) is 5.37. The molecule has 1 aliphatic carbocycles. The monoisotopic (exact) mass is 384 g/mol. The van der Waals surface area contributed by atoms with Gasteiger partial charge in [-0.15, -0.1) is 0 Å². The average molecular weight is 385 g/mol. The van der Waals surface area contributed by atoms with E-state index in [4.69, 9.17) is 11.6 Å². The van der Waals surface area contributed by atoms with Gasteiger partial charge in [-0.2, -0.15) is 0 Å². The van der Waals surface area contributed by atoms with E-state index in [-0.39, 0.29) is 11.9 Å². The van der Waals surface area contributed by atoms with Crippen molar-refractivity contribution < 1.29 is 9.69 Å². The lowest BCUT2D eigenvalue weighted by Crippen LogP contribution is -3.19. The number of aryl methyl sites for hydroxylation is 2. The third-order valence-electron chi connectivity index (χ3n) is 5.95. The number of halogens is 1. The van der Waals surface area contributed by atoms with Crippen molar-refractivity contribution in [1.29, 1.82) is 0 Å². The maximum Gasteiger partial charge on any atom is 0.282 e. The number of carbonyl (C=O) groups excluding carboxylic acids is 1. The van der Waals surface area contributed by atoms with Gasteiger partial charge in [-0.25, -0.2) is 0 Å². The lowest BCUT2D eigenvalue weighted by atomic mass is 10.1. The van der Waals surface area contributed by atoms with Gasteiger partial charge in [-0.1, -0.05) is 23.7 Å². The van der Waals surface area contributed by atoms with Crippen LogP contribution in [0.5, 0.6) is 0 Å². The standard InChI is InChI=1S/C22H26ClN3O/c1-16(22(27)24-20-9-8-17-4-2-5-18(17)14-20)25-10-12-26(13-11-25)21-7-3-6-19(23)15-21/h3,6-9,14-16H,2,4-5,10-13H2,1H3,(H,24,27)/p+1/t16-/m1/s1. The number of amides is 1. The smallest absolute Gasteiger partial charge is 0.282 e. The summed E-state index contributed by atoms with van der Waals surface area (Å²) in [6.45, 7) is 5.81. The van der Waals surface area contributed by atoms with E-state index in [0.717, 1.165) is 49.0 Å². The number of hydrogen-bond acceptors (Lipinski definition) is 2. The zero-order valence-electron chi connectivity index (χ0n) is 15.8. The number of fused-ring (bicyclic) bond motifs is 1. The number of anilines is 2.